The number of aryl methyl sites for hydroxylation is 1. The van der Waals surface area contributed by atoms with E-state index in [0.717, 1.165) is 13.1 Å². The summed E-state index contributed by atoms with van der Waals surface area (Å²) < 4.78 is 64.6. The van der Waals surface area contributed by atoms with Crippen molar-refractivity contribution in [1.29, 1.82) is 0 Å². The van der Waals surface area contributed by atoms with E-state index in [1.54, 1.807) is 0 Å². The fourth-order valence-corrected chi connectivity index (χ4v) is 3.10. The van der Waals surface area contributed by atoms with Gasteiger partial charge in [0.2, 0.25) is 0 Å². The molecule has 0 fully saturated rings. The van der Waals surface area contributed by atoms with Gasteiger partial charge >= 0.3 is 11.9 Å². The predicted octanol–water partition coefficient (Wildman–Crippen LogP) is 3.41. The minimum absolute atomic E-state index is 0.0851. The second-order valence-electron chi connectivity index (χ2n) is 5.63. The van der Waals surface area contributed by atoms with Crippen LogP contribution >= 0.6 is 11.6 Å². The van der Waals surface area contributed by atoms with Gasteiger partial charge < -0.3 is 9.15 Å². The number of aromatic nitrogens is 2. The normalized spacial score (nSPS) is 12.0. The van der Waals surface area contributed by atoms with Crippen LogP contribution in [-0.2, 0) is 13.2 Å². The third-order valence-corrected chi connectivity index (χ3v) is 4.30. The lowest BCUT2D eigenvalue weighted by atomic mass is 10.2. The van der Waals surface area contributed by atoms with Crippen LogP contribution in [0.2, 0.25) is 5.02 Å². The molecule has 0 radical (unpaired) electrons. The van der Waals surface area contributed by atoms with Gasteiger partial charge in [0, 0.05) is 13.1 Å². The molecule has 2 aromatic heterocycles. The molecule has 0 unspecified atom stereocenters. The van der Waals surface area contributed by atoms with Gasteiger partial charge in [0.25, 0.3) is 5.56 Å². The van der Waals surface area contributed by atoms with Gasteiger partial charge in [0.15, 0.2) is 17.1 Å². The summed E-state index contributed by atoms with van der Waals surface area (Å²) in [5.41, 5.74) is -5.19. The predicted molar refractivity (Wildman–Crippen MR) is 88.3 cm³/mol. The molecule has 2 heterocycles. The van der Waals surface area contributed by atoms with Crippen LogP contribution in [0.5, 0.6) is 5.75 Å². The molecule has 6 nitrogen and oxygen atoms in total. The molecule has 0 saturated carbocycles. The molecule has 3 rings (SSSR count). The van der Waals surface area contributed by atoms with E-state index in [-0.39, 0.29) is 42.7 Å². The Morgan fingerprint density at radius 3 is 2.41 bits per heavy atom. The summed E-state index contributed by atoms with van der Waals surface area (Å²) in [6.45, 7) is 1.48. The number of benzene rings is 1. The van der Waals surface area contributed by atoms with Crippen molar-refractivity contribution >= 4 is 22.6 Å². The molecule has 3 aromatic rings. The SMILES string of the molecule is COc1c(C)oc2c(-n3c(=O)cc(C(F)(F)F)n(C)c3=O)c(F)cc(Cl)c12. The highest BCUT2D eigenvalue weighted by atomic mass is 35.5. The average molecular weight is 407 g/mol. The van der Waals surface area contributed by atoms with Gasteiger partial charge in [-0.3, -0.25) is 9.36 Å². The molecule has 0 spiro atoms. The molecule has 1 aromatic carbocycles. The Morgan fingerprint density at radius 2 is 1.85 bits per heavy atom. The fraction of sp³-hybridized carbons (Fsp3) is 0.250. The zero-order valence-electron chi connectivity index (χ0n) is 14.1. The maximum absolute atomic E-state index is 14.6. The Labute approximate surface area is 153 Å². The van der Waals surface area contributed by atoms with Crippen molar-refractivity contribution in [2.45, 2.75) is 13.1 Å². The standard InChI is InChI=1S/C16H11ClF4N2O4/c1-6-13(26-3)11-7(17)4-8(18)12(14(11)27-6)23-10(24)5-9(16(19,20)21)22(2)15(23)25/h4-5H,1-3H3. The summed E-state index contributed by atoms with van der Waals surface area (Å²) in [5, 5.41) is -0.0290. The Kier molecular flexibility index (Phi) is 4.34. The molecule has 0 amide bonds. The molecule has 0 bridgehead atoms. The monoisotopic (exact) mass is 406 g/mol. The summed E-state index contributed by atoms with van der Waals surface area (Å²) in [6, 6.07) is 1.02. The molecular weight excluding hydrogens is 396 g/mol. The maximum atomic E-state index is 14.6. The smallest absolute Gasteiger partial charge is 0.431 e. The quantitative estimate of drug-likeness (QED) is 0.612. The number of hydrogen-bond donors (Lipinski definition) is 0. The lowest BCUT2D eigenvalue weighted by Gasteiger charge is -2.14. The first kappa shape index (κ1) is 19.0. The zero-order chi connectivity index (χ0) is 20.3. The summed E-state index contributed by atoms with van der Waals surface area (Å²) in [5.74, 6) is -0.797. The van der Waals surface area contributed by atoms with E-state index in [4.69, 9.17) is 20.8 Å². The average Bonchev–Trinajstić information content (AvgIpc) is 2.89. The van der Waals surface area contributed by atoms with Crippen LogP contribution in [0.25, 0.3) is 16.7 Å². The Morgan fingerprint density at radius 1 is 1.22 bits per heavy atom. The van der Waals surface area contributed by atoms with E-state index in [1.165, 1.54) is 14.0 Å². The molecule has 0 atom stereocenters. The first-order chi connectivity index (χ1) is 12.5. The largest absolute Gasteiger partial charge is 0.492 e. The van der Waals surface area contributed by atoms with Gasteiger partial charge in [-0.05, 0) is 13.0 Å². The molecule has 144 valence electrons. The topological polar surface area (TPSA) is 66.4 Å². The van der Waals surface area contributed by atoms with Crippen LogP contribution in [0.3, 0.4) is 0 Å². The first-order valence-electron chi connectivity index (χ1n) is 7.34. The van der Waals surface area contributed by atoms with Crippen LogP contribution in [0, 0.1) is 12.7 Å². The van der Waals surface area contributed by atoms with E-state index in [1.807, 2.05) is 0 Å². The van der Waals surface area contributed by atoms with Crippen LogP contribution in [0.4, 0.5) is 17.6 Å². The molecule has 0 saturated heterocycles. The van der Waals surface area contributed by atoms with Gasteiger partial charge in [0.05, 0.1) is 17.5 Å². The highest BCUT2D eigenvalue weighted by Crippen LogP contribution is 2.41. The summed E-state index contributed by atoms with van der Waals surface area (Å²) in [6.07, 6.45) is -4.94. The molecule has 0 aliphatic heterocycles. The van der Waals surface area contributed by atoms with Crippen molar-refractivity contribution in [2.75, 3.05) is 7.11 Å². The fourth-order valence-electron chi connectivity index (χ4n) is 2.83. The van der Waals surface area contributed by atoms with E-state index < -0.39 is 34.6 Å². The third-order valence-electron chi connectivity index (χ3n) is 4.00. The van der Waals surface area contributed by atoms with E-state index in [2.05, 4.69) is 0 Å². The zero-order valence-corrected chi connectivity index (χ0v) is 14.8. The van der Waals surface area contributed by atoms with Crippen molar-refractivity contribution < 1.29 is 26.7 Å². The highest BCUT2D eigenvalue weighted by molar-refractivity contribution is 6.36. The van der Waals surface area contributed by atoms with Crippen LogP contribution in [0.15, 0.2) is 26.1 Å². The lowest BCUT2D eigenvalue weighted by Crippen LogP contribution is -2.41. The van der Waals surface area contributed by atoms with Crippen molar-refractivity contribution in [1.82, 2.24) is 9.13 Å². The third kappa shape index (κ3) is 2.80. The first-order valence-corrected chi connectivity index (χ1v) is 7.72. The minimum atomic E-state index is -4.94. The summed E-state index contributed by atoms with van der Waals surface area (Å²) in [4.78, 5) is 24.7. The molecule has 0 aliphatic carbocycles. The number of methoxy groups -OCH3 is 1. The number of nitrogens with zero attached hydrogens (tertiary/aromatic N) is 2. The minimum Gasteiger partial charge on any atom is -0.492 e. The number of ether oxygens (including phenoxy) is 1. The Balaban J connectivity index is 2.50. The van der Waals surface area contributed by atoms with Crippen molar-refractivity contribution in [2.24, 2.45) is 7.05 Å². The van der Waals surface area contributed by atoms with E-state index >= 15 is 0 Å². The van der Waals surface area contributed by atoms with Crippen molar-refractivity contribution in [3.63, 3.8) is 0 Å². The Hall–Kier alpha value is -2.75. The number of fused-ring (bicyclic) bond motifs is 1. The summed E-state index contributed by atoms with van der Waals surface area (Å²) in [7, 11) is 2.13. The Bertz CT molecular complexity index is 1190. The highest BCUT2D eigenvalue weighted by Gasteiger charge is 2.35. The molecular formula is C16H11ClF4N2O4. The molecule has 27 heavy (non-hydrogen) atoms. The van der Waals surface area contributed by atoms with Crippen LogP contribution in [0.1, 0.15) is 11.5 Å². The van der Waals surface area contributed by atoms with Crippen LogP contribution < -0.4 is 16.0 Å². The van der Waals surface area contributed by atoms with Gasteiger partial charge in [-0.15, -0.1) is 0 Å². The maximum Gasteiger partial charge on any atom is 0.431 e. The molecule has 0 aliphatic rings. The lowest BCUT2D eigenvalue weighted by molar-refractivity contribution is -0.144. The molecule has 0 N–H and O–H groups in total. The van der Waals surface area contributed by atoms with Gasteiger partial charge in [-0.25, -0.2) is 13.8 Å². The van der Waals surface area contributed by atoms with E-state index in [0.29, 0.717) is 0 Å². The molecule has 11 heteroatoms. The van der Waals surface area contributed by atoms with Gasteiger partial charge in [-0.2, -0.15) is 13.2 Å². The number of rotatable bonds is 2. The number of hydrogen-bond acceptors (Lipinski definition) is 4. The number of halogens is 5. The van der Waals surface area contributed by atoms with Crippen LogP contribution in [-0.4, -0.2) is 16.2 Å². The summed E-state index contributed by atoms with van der Waals surface area (Å²) >= 11 is 6.02. The van der Waals surface area contributed by atoms with Gasteiger partial charge in [-0.1, -0.05) is 11.6 Å². The second-order valence-corrected chi connectivity index (χ2v) is 6.03. The van der Waals surface area contributed by atoms with Gasteiger partial charge in [0.1, 0.15) is 17.1 Å². The second kappa shape index (κ2) is 6.15. The number of alkyl halides is 3. The van der Waals surface area contributed by atoms with Crippen molar-refractivity contribution in [3.05, 3.63) is 55.3 Å². The van der Waals surface area contributed by atoms with Crippen molar-refractivity contribution in [3.8, 4) is 11.4 Å². The number of furan rings is 1. The van der Waals surface area contributed by atoms with E-state index in [9.17, 15) is 27.2 Å².